The van der Waals surface area contributed by atoms with Crippen molar-refractivity contribution in [1.29, 1.82) is 0 Å². The molecule has 1 unspecified atom stereocenters. The third-order valence-corrected chi connectivity index (χ3v) is 4.81. The van der Waals surface area contributed by atoms with E-state index in [0.29, 0.717) is 23.5 Å². The van der Waals surface area contributed by atoms with Gasteiger partial charge in [0.2, 0.25) is 0 Å². The molecule has 0 aliphatic rings. The van der Waals surface area contributed by atoms with E-state index in [9.17, 15) is 0 Å². The molecule has 172 valence electrons. The summed E-state index contributed by atoms with van der Waals surface area (Å²) in [6.07, 6.45) is 0. The molecule has 0 spiro atoms. The molecule has 0 amide bonds. The summed E-state index contributed by atoms with van der Waals surface area (Å²) in [6.45, 7) is 10.2. The third kappa shape index (κ3) is 2.51. The van der Waals surface area contributed by atoms with Crippen molar-refractivity contribution in [2.24, 2.45) is 5.92 Å². The largest absolute Gasteiger partial charge is 0.441 e. The first-order chi connectivity index (χ1) is 12.3. The second-order valence-corrected chi connectivity index (χ2v) is 7.05. The normalized spacial score (nSPS) is 13.2. The van der Waals surface area contributed by atoms with Gasteiger partial charge in [0.1, 0.15) is 22.9 Å². The van der Waals surface area contributed by atoms with Crippen LogP contribution < -0.4 is 5.73 Å². The van der Waals surface area contributed by atoms with Gasteiger partial charge in [-0.2, -0.15) is 5.10 Å². The van der Waals surface area contributed by atoms with Crippen LogP contribution in [0.25, 0.3) is 33.4 Å². The molecule has 1 aromatic carbocycles. The van der Waals surface area contributed by atoms with Crippen molar-refractivity contribution in [2.75, 3.05) is 5.73 Å². The SMILES string of the molecule is Cc1nc(N)c2c(-c3ccc4oc(C)nc4c3)nn(C(C)C(C)C)c2n1.[HH].[HH].[HH].[HH].[HH].[HH].[HH].[HH].[HH].[HH].[HH].[HH].[HH].[HH].[HH].[HH].[HH].[HH].[HH]. The quantitative estimate of drug-likeness (QED) is 0.377. The number of nitrogens with zero attached hydrogens (tertiary/aromatic N) is 5. The average Bonchev–Trinajstić information content (AvgIpc) is 3.12. The van der Waals surface area contributed by atoms with Gasteiger partial charge in [0.25, 0.3) is 0 Å². The second kappa shape index (κ2) is 5.79. The molecule has 0 saturated carbocycles. The fourth-order valence-electron chi connectivity index (χ4n) is 3.14. The number of oxazole rings is 1. The molecular weight excluding hydrogens is 328 g/mol. The summed E-state index contributed by atoms with van der Waals surface area (Å²) in [7, 11) is 0. The van der Waals surface area contributed by atoms with E-state index in [2.05, 4.69) is 35.7 Å². The summed E-state index contributed by atoms with van der Waals surface area (Å²) in [6, 6.07) is 6.03. The number of aryl methyl sites for hydroxylation is 2. The zero-order valence-corrected chi connectivity index (χ0v) is 15.6. The maximum absolute atomic E-state index is 6.26. The van der Waals surface area contributed by atoms with Gasteiger partial charge in [0.15, 0.2) is 17.1 Å². The van der Waals surface area contributed by atoms with E-state index < -0.39 is 0 Å². The van der Waals surface area contributed by atoms with Crippen LogP contribution in [0.5, 0.6) is 0 Å². The van der Waals surface area contributed by atoms with E-state index in [1.807, 2.05) is 36.7 Å². The molecule has 3 aromatic heterocycles. The van der Waals surface area contributed by atoms with Gasteiger partial charge in [-0.05, 0) is 38.0 Å². The highest BCUT2D eigenvalue weighted by atomic mass is 16.3. The van der Waals surface area contributed by atoms with Gasteiger partial charge in [0, 0.05) is 39.6 Å². The summed E-state index contributed by atoms with van der Waals surface area (Å²) in [5.41, 5.74) is 10.3. The lowest BCUT2D eigenvalue weighted by Gasteiger charge is -2.16. The fourth-order valence-corrected chi connectivity index (χ4v) is 3.14. The summed E-state index contributed by atoms with van der Waals surface area (Å²) < 4.78 is 7.53. The lowest BCUT2D eigenvalue weighted by Crippen LogP contribution is -2.14. The number of benzene rings is 1. The predicted molar refractivity (Wildman–Crippen MR) is 142 cm³/mol. The van der Waals surface area contributed by atoms with Crippen molar-refractivity contribution in [2.45, 2.75) is 40.7 Å². The summed E-state index contributed by atoms with van der Waals surface area (Å²) >= 11 is 0. The van der Waals surface area contributed by atoms with Crippen LogP contribution >= 0.6 is 0 Å². The number of hydrogen-bond donors (Lipinski definition) is 1. The zero-order chi connectivity index (χ0) is 18.6. The minimum absolute atomic E-state index is 0. The summed E-state index contributed by atoms with van der Waals surface area (Å²) in [5, 5.41) is 5.65. The average molecular weight is 389 g/mol. The second-order valence-electron chi connectivity index (χ2n) is 7.05. The van der Waals surface area contributed by atoms with Crippen LogP contribution in [0, 0.1) is 19.8 Å². The van der Waals surface area contributed by atoms with E-state index >= 15 is 0 Å². The van der Waals surface area contributed by atoms with Gasteiger partial charge in [0.05, 0.1) is 11.4 Å². The zero-order valence-electron chi connectivity index (χ0n) is 15.6. The highest BCUT2D eigenvalue weighted by Crippen LogP contribution is 2.34. The Morgan fingerprint density at radius 2 is 1.88 bits per heavy atom. The van der Waals surface area contributed by atoms with E-state index in [1.54, 1.807) is 0 Å². The highest BCUT2D eigenvalue weighted by Gasteiger charge is 2.22. The van der Waals surface area contributed by atoms with Gasteiger partial charge >= 0.3 is 0 Å². The van der Waals surface area contributed by atoms with E-state index in [4.69, 9.17) is 15.2 Å². The fraction of sp³-hybridized carbons (Fsp3) is 0.368. The number of hydrogen-bond acceptors (Lipinski definition) is 6. The third-order valence-electron chi connectivity index (χ3n) is 4.81. The Balaban J connectivity index is -0.0000000316. The van der Waals surface area contributed by atoms with Crippen LogP contribution in [0.2, 0.25) is 0 Å². The number of anilines is 1. The van der Waals surface area contributed by atoms with Crippen LogP contribution in [0.4, 0.5) is 5.82 Å². The predicted octanol–water partition coefficient (Wildman–Crippen LogP) is 8.72. The smallest absolute Gasteiger partial charge is 0.192 e. The molecule has 4 aromatic rings. The minimum atomic E-state index is 0. The van der Waals surface area contributed by atoms with E-state index in [-0.39, 0.29) is 33.1 Å². The first-order valence-electron chi connectivity index (χ1n) is 8.75. The molecule has 0 bridgehead atoms. The standard InChI is InChI=1S/C19H22N6O.19H2/c1-9(2)10(3)25-19-16(18(20)21-11(4)22-19)17(24-25)13-6-7-15-14(8-13)23-12(5)26-15;;;;;;;;;;;;;;;;;;;/h6-10H,1-5H3,(H2,20,21,22);19*1H. The lowest BCUT2D eigenvalue weighted by atomic mass is 10.1. The van der Waals surface area contributed by atoms with Crippen molar-refractivity contribution in [1.82, 2.24) is 24.7 Å². The van der Waals surface area contributed by atoms with Gasteiger partial charge in [-0.15, -0.1) is 0 Å². The number of nitrogens with two attached hydrogens (primary N) is 1. The Morgan fingerprint density at radius 1 is 1.12 bits per heavy atom. The van der Waals surface area contributed by atoms with Crippen LogP contribution in [0.15, 0.2) is 22.6 Å². The van der Waals surface area contributed by atoms with Crippen LogP contribution in [-0.4, -0.2) is 24.7 Å². The maximum Gasteiger partial charge on any atom is 0.192 e. The minimum Gasteiger partial charge on any atom is -0.441 e. The van der Waals surface area contributed by atoms with Crippen molar-refractivity contribution in [3.63, 3.8) is 0 Å². The highest BCUT2D eigenvalue weighted by molar-refractivity contribution is 5.99. The molecule has 0 aliphatic carbocycles. The number of aromatic nitrogens is 5. The first kappa shape index (κ1) is 16.5. The van der Waals surface area contributed by atoms with E-state index in [1.165, 1.54) is 0 Å². The number of nitrogen functional groups attached to an aromatic ring is 1. The Bertz CT molecular complexity index is 1170. The van der Waals surface area contributed by atoms with Crippen LogP contribution in [0.3, 0.4) is 0 Å². The van der Waals surface area contributed by atoms with Gasteiger partial charge in [-0.1, -0.05) is 13.8 Å². The van der Waals surface area contributed by atoms with Gasteiger partial charge in [-0.25, -0.2) is 19.6 Å². The first-order valence-corrected chi connectivity index (χ1v) is 8.75. The molecule has 2 N–H and O–H groups in total. The summed E-state index contributed by atoms with van der Waals surface area (Å²) in [5.74, 6) is 2.13. The molecule has 0 aliphatic heterocycles. The van der Waals surface area contributed by atoms with Gasteiger partial charge < -0.3 is 10.2 Å². The number of rotatable bonds is 3. The topological polar surface area (TPSA) is 95.6 Å². The molecule has 7 nitrogen and oxygen atoms in total. The van der Waals surface area contributed by atoms with Crippen molar-refractivity contribution < 1.29 is 31.5 Å². The Hall–Kier alpha value is -2.96. The van der Waals surface area contributed by atoms with Crippen molar-refractivity contribution in [3.05, 3.63) is 29.9 Å². The molecule has 1 atom stereocenters. The molecule has 4 rings (SSSR count). The van der Waals surface area contributed by atoms with Gasteiger partial charge in [-0.3, -0.25) is 0 Å². The molecule has 3 heterocycles. The molecule has 0 saturated heterocycles. The Morgan fingerprint density at radius 3 is 2.62 bits per heavy atom. The Kier molecular flexibility index (Phi) is 3.68. The molecule has 7 heteroatoms. The van der Waals surface area contributed by atoms with E-state index in [0.717, 1.165) is 33.4 Å². The molecular formula is C19H60N6O. The lowest BCUT2D eigenvalue weighted by molar-refractivity contribution is 0.384. The monoisotopic (exact) mass is 388 g/mol. The summed E-state index contributed by atoms with van der Waals surface area (Å²) in [4.78, 5) is 13.4. The van der Waals surface area contributed by atoms with Crippen LogP contribution in [-0.2, 0) is 0 Å². The number of fused-ring (bicyclic) bond motifs is 2. The molecule has 0 radical (unpaired) electrons. The van der Waals surface area contributed by atoms with Crippen molar-refractivity contribution in [3.8, 4) is 11.3 Å². The molecule has 26 heavy (non-hydrogen) atoms. The molecule has 0 fully saturated rings. The Labute approximate surface area is 179 Å². The van der Waals surface area contributed by atoms with Crippen LogP contribution in [0.1, 0.15) is 65.6 Å². The maximum atomic E-state index is 6.26. The van der Waals surface area contributed by atoms with Crippen molar-refractivity contribution >= 4 is 28.0 Å².